The van der Waals surface area contributed by atoms with Crippen LogP contribution < -0.4 is 5.32 Å². The van der Waals surface area contributed by atoms with Gasteiger partial charge in [-0.1, -0.05) is 18.6 Å². The molecule has 20 heavy (non-hydrogen) atoms. The fourth-order valence-electron chi connectivity index (χ4n) is 2.04. The molecule has 1 aliphatic heterocycles. The number of nitrogens with one attached hydrogen (secondary N) is 1. The maximum absolute atomic E-state index is 12.3. The van der Waals surface area contributed by atoms with Crippen molar-refractivity contribution in [2.24, 2.45) is 0 Å². The number of rotatable bonds is 1. The van der Waals surface area contributed by atoms with Crippen molar-refractivity contribution in [3.63, 3.8) is 0 Å². The molecular formula is C14H18F3NO2. The Morgan fingerprint density at radius 2 is 1.80 bits per heavy atom. The monoisotopic (exact) mass is 289 g/mol. The fraction of sp³-hybridized carbons (Fsp3) is 0.500. The highest BCUT2D eigenvalue weighted by atomic mass is 19.4. The van der Waals surface area contributed by atoms with E-state index in [0.29, 0.717) is 0 Å². The van der Waals surface area contributed by atoms with E-state index in [-0.39, 0.29) is 6.04 Å². The van der Waals surface area contributed by atoms with E-state index >= 15 is 0 Å². The third-order valence-electron chi connectivity index (χ3n) is 2.95. The largest absolute Gasteiger partial charge is 0.481 e. The fourth-order valence-corrected chi connectivity index (χ4v) is 2.04. The average molecular weight is 289 g/mol. The molecular weight excluding hydrogens is 271 g/mol. The van der Waals surface area contributed by atoms with Crippen LogP contribution in [0.5, 0.6) is 0 Å². The molecule has 1 aromatic carbocycles. The third-order valence-corrected chi connectivity index (χ3v) is 2.95. The molecule has 1 aliphatic rings. The molecule has 0 spiro atoms. The number of carboxylic acid groups (broad SMARTS) is 1. The molecule has 0 radical (unpaired) electrons. The summed E-state index contributed by atoms with van der Waals surface area (Å²) in [7, 11) is 0. The predicted molar refractivity (Wildman–Crippen MR) is 69.3 cm³/mol. The Bertz CT molecular complexity index is 419. The van der Waals surface area contributed by atoms with Crippen LogP contribution in [0.15, 0.2) is 24.3 Å². The zero-order chi connectivity index (χ0) is 15.2. The Morgan fingerprint density at radius 1 is 1.25 bits per heavy atom. The summed E-state index contributed by atoms with van der Waals surface area (Å²) in [6, 6.07) is 5.69. The van der Waals surface area contributed by atoms with Crippen molar-refractivity contribution in [3.8, 4) is 0 Å². The first kappa shape index (κ1) is 16.5. The Labute approximate surface area is 115 Å². The van der Waals surface area contributed by atoms with Crippen LogP contribution >= 0.6 is 0 Å². The highest BCUT2D eigenvalue weighted by molar-refractivity contribution is 5.62. The number of piperidine rings is 1. The van der Waals surface area contributed by atoms with Crippen molar-refractivity contribution < 1.29 is 23.1 Å². The van der Waals surface area contributed by atoms with Gasteiger partial charge in [-0.3, -0.25) is 4.79 Å². The van der Waals surface area contributed by atoms with E-state index in [1.54, 1.807) is 12.1 Å². The van der Waals surface area contributed by atoms with Gasteiger partial charge in [0.15, 0.2) is 0 Å². The van der Waals surface area contributed by atoms with Crippen LogP contribution in [-0.2, 0) is 11.0 Å². The summed E-state index contributed by atoms with van der Waals surface area (Å²) in [6.07, 6.45) is -0.945. The van der Waals surface area contributed by atoms with Gasteiger partial charge in [-0.2, -0.15) is 13.2 Å². The van der Waals surface area contributed by atoms with E-state index in [4.69, 9.17) is 9.90 Å². The first-order chi connectivity index (χ1) is 9.30. The zero-order valence-corrected chi connectivity index (χ0v) is 11.2. The van der Waals surface area contributed by atoms with Gasteiger partial charge in [-0.05, 0) is 37.1 Å². The number of benzene rings is 1. The average Bonchev–Trinajstić information content (AvgIpc) is 2.38. The molecule has 112 valence electrons. The zero-order valence-electron chi connectivity index (χ0n) is 11.2. The van der Waals surface area contributed by atoms with E-state index < -0.39 is 17.7 Å². The summed E-state index contributed by atoms with van der Waals surface area (Å²) in [6.45, 7) is 2.03. The van der Waals surface area contributed by atoms with Crippen LogP contribution in [0.4, 0.5) is 13.2 Å². The van der Waals surface area contributed by atoms with Gasteiger partial charge < -0.3 is 10.4 Å². The molecule has 1 heterocycles. The maximum atomic E-state index is 12.3. The number of hydrogen-bond donors (Lipinski definition) is 2. The van der Waals surface area contributed by atoms with E-state index in [0.717, 1.165) is 50.4 Å². The molecule has 2 rings (SSSR count). The lowest BCUT2D eigenvalue weighted by molar-refractivity contribution is -0.137. The van der Waals surface area contributed by atoms with Crippen molar-refractivity contribution in [1.29, 1.82) is 0 Å². The van der Waals surface area contributed by atoms with Gasteiger partial charge in [-0.15, -0.1) is 0 Å². The first-order valence-corrected chi connectivity index (χ1v) is 6.41. The van der Waals surface area contributed by atoms with Crippen molar-refractivity contribution in [2.75, 3.05) is 6.54 Å². The van der Waals surface area contributed by atoms with Gasteiger partial charge in [-0.25, -0.2) is 0 Å². The summed E-state index contributed by atoms with van der Waals surface area (Å²) in [4.78, 5) is 9.00. The smallest absolute Gasteiger partial charge is 0.416 e. The number of alkyl halides is 3. The Balaban J connectivity index is 0.000000444. The van der Waals surface area contributed by atoms with Crippen molar-refractivity contribution in [3.05, 3.63) is 35.4 Å². The van der Waals surface area contributed by atoms with Gasteiger partial charge >= 0.3 is 6.18 Å². The number of halogens is 3. The summed E-state index contributed by atoms with van der Waals surface area (Å²) in [5.41, 5.74) is 0.375. The van der Waals surface area contributed by atoms with E-state index in [1.807, 2.05) is 0 Å². The molecule has 3 nitrogen and oxygen atoms in total. The second-order valence-corrected chi connectivity index (χ2v) is 4.64. The molecule has 0 bridgehead atoms. The van der Waals surface area contributed by atoms with Gasteiger partial charge in [0.05, 0.1) is 5.56 Å². The number of carboxylic acids is 1. The highest BCUT2D eigenvalue weighted by Gasteiger charge is 2.30. The maximum Gasteiger partial charge on any atom is 0.416 e. The summed E-state index contributed by atoms with van der Waals surface area (Å²) < 4.78 is 37.0. The van der Waals surface area contributed by atoms with Crippen molar-refractivity contribution >= 4 is 5.97 Å². The standard InChI is InChI=1S/C12H14F3N.C2H4O2/c13-12(14,15)10-6-4-9(5-7-10)11-3-1-2-8-16-11;1-2(3)4/h4-7,11,16H,1-3,8H2;1H3,(H,3,4). The van der Waals surface area contributed by atoms with Gasteiger partial charge in [0.2, 0.25) is 0 Å². The molecule has 2 N–H and O–H groups in total. The van der Waals surface area contributed by atoms with Crippen LogP contribution in [0, 0.1) is 0 Å². The molecule has 1 unspecified atom stereocenters. The van der Waals surface area contributed by atoms with Crippen LogP contribution in [0.25, 0.3) is 0 Å². The van der Waals surface area contributed by atoms with Gasteiger partial charge in [0, 0.05) is 13.0 Å². The summed E-state index contributed by atoms with van der Waals surface area (Å²) in [5, 5.41) is 10.7. The van der Waals surface area contributed by atoms with Crippen molar-refractivity contribution in [1.82, 2.24) is 5.32 Å². The Morgan fingerprint density at radius 3 is 2.20 bits per heavy atom. The van der Waals surface area contributed by atoms with E-state index in [1.165, 1.54) is 0 Å². The Kier molecular flexibility index (Phi) is 6.01. The number of aliphatic carboxylic acids is 1. The van der Waals surface area contributed by atoms with Gasteiger partial charge in [0.1, 0.15) is 0 Å². The lowest BCUT2D eigenvalue weighted by atomic mass is 9.97. The molecule has 6 heteroatoms. The summed E-state index contributed by atoms with van der Waals surface area (Å²) >= 11 is 0. The summed E-state index contributed by atoms with van der Waals surface area (Å²) in [5.74, 6) is -0.833. The normalized spacial score (nSPS) is 18.9. The van der Waals surface area contributed by atoms with E-state index in [9.17, 15) is 13.2 Å². The molecule has 1 aromatic rings. The predicted octanol–water partition coefficient (Wildman–Crippen LogP) is 3.61. The SMILES string of the molecule is CC(=O)O.FC(F)(F)c1ccc(C2CCCCN2)cc1. The molecule has 0 aromatic heterocycles. The van der Waals surface area contributed by atoms with Gasteiger partial charge in [0.25, 0.3) is 5.97 Å². The minimum Gasteiger partial charge on any atom is -0.481 e. The number of hydrogen-bond acceptors (Lipinski definition) is 2. The molecule has 0 amide bonds. The second kappa shape index (κ2) is 7.28. The minimum atomic E-state index is -4.24. The van der Waals surface area contributed by atoms with Crippen LogP contribution in [0.1, 0.15) is 43.4 Å². The lowest BCUT2D eigenvalue weighted by Gasteiger charge is -2.24. The molecule has 1 saturated heterocycles. The first-order valence-electron chi connectivity index (χ1n) is 6.41. The Hall–Kier alpha value is -1.56. The van der Waals surface area contributed by atoms with Crippen LogP contribution in [-0.4, -0.2) is 17.6 Å². The van der Waals surface area contributed by atoms with E-state index in [2.05, 4.69) is 5.32 Å². The van der Waals surface area contributed by atoms with Crippen LogP contribution in [0.2, 0.25) is 0 Å². The highest BCUT2D eigenvalue weighted by Crippen LogP contribution is 2.31. The van der Waals surface area contributed by atoms with Crippen molar-refractivity contribution in [2.45, 2.75) is 38.4 Å². The van der Waals surface area contributed by atoms with Crippen LogP contribution in [0.3, 0.4) is 0 Å². The lowest BCUT2D eigenvalue weighted by Crippen LogP contribution is -2.26. The molecule has 1 atom stereocenters. The minimum absolute atomic E-state index is 0.219. The molecule has 0 aliphatic carbocycles. The number of carbonyl (C=O) groups is 1. The topological polar surface area (TPSA) is 49.3 Å². The second-order valence-electron chi connectivity index (χ2n) is 4.64. The third kappa shape index (κ3) is 5.61. The molecule has 1 fully saturated rings. The quantitative estimate of drug-likeness (QED) is 0.830. The molecule has 0 saturated carbocycles.